The highest BCUT2D eigenvalue weighted by molar-refractivity contribution is 6.33. The number of carbonyl (C=O) groups is 1. The van der Waals surface area contributed by atoms with Gasteiger partial charge in [0.15, 0.2) is 0 Å². The molecule has 1 rings (SSSR count). The quantitative estimate of drug-likeness (QED) is 0.466. The number of hydrogen-bond acceptors (Lipinski definition) is 5. The lowest BCUT2D eigenvalue weighted by Gasteiger charge is -2.14. The van der Waals surface area contributed by atoms with Gasteiger partial charge in [-0.3, -0.25) is 15.1 Å². The molecule has 0 saturated heterocycles. The highest BCUT2D eigenvalue weighted by Crippen LogP contribution is 2.31. The molecule has 0 bridgehead atoms. The number of hydrogen-bond donors (Lipinski definition) is 2. The Hall–Kier alpha value is -2.15. The standard InChI is InChI=1S/C10H10ClN3O4/c1-2-3-7(10(15)16)13-9-6(11)4-12-5-8(9)14(17)18/h2,4-5,7H,1,3H2,(H,12,13)(H,15,16). The molecule has 7 nitrogen and oxygen atoms in total. The van der Waals surface area contributed by atoms with Crippen LogP contribution in [0.15, 0.2) is 25.0 Å². The molecule has 0 aliphatic rings. The zero-order chi connectivity index (χ0) is 13.7. The van der Waals surface area contributed by atoms with Gasteiger partial charge in [-0.05, 0) is 6.42 Å². The van der Waals surface area contributed by atoms with E-state index in [4.69, 9.17) is 16.7 Å². The third-order valence-corrected chi connectivity index (χ3v) is 2.38. The van der Waals surface area contributed by atoms with Crippen molar-refractivity contribution < 1.29 is 14.8 Å². The second-order valence-electron chi connectivity index (χ2n) is 3.33. The molecule has 1 atom stereocenters. The van der Waals surface area contributed by atoms with E-state index in [1.165, 1.54) is 12.3 Å². The van der Waals surface area contributed by atoms with Crippen molar-refractivity contribution in [1.29, 1.82) is 0 Å². The number of nitro groups is 1. The van der Waals surface area contributed by atoms with Gasteiger partial charge in [0.05, 0.1) is 9.95 Å². The summed E-state index contributed by atoms with van der Waals surface area (Å²) in [6.07, 6.45) is 3.70. The lowest BCUT2D eigenvalue weighted by molar-refractivity contribution is -0.384. The van der Waals surface area contributed by atoms with Crippen LogP contribution in [0.25, 0.3) is 0 Å². The largest absolute Gasteiger partial charge is 0.480 e. The van der Waals surface area contributed by atoms with Crippen molar-refractivity contribution >= 4 is 28.9 Å². The maximum atomic E-state index is 10.9. The molecule has 0 aromatic carbocycles. The number of carboxylic acid groups (broad SMARTS) is 1. The summed E-state index contributed by atoms with van der Waals surface area (Å²) >= 11 is 5.77. The number of rotatable bonds is 6. The number of anilines is 1. The topological polar surface area (TPSA) is 105 Å². The lowest BCUT2D eigenvalue weighted by atomic mass is 10.2. The van der Waals surface area contributed by atoms with E-state index in [9.17, 15) is 14.9 Å². The van der Waals surface area contributed by atoms with Gasteiger partial charge in [-0.1, -0.05) is 17.7 Å². The predicted octanol–water partition coefficient (Wildman–Crippen LogP) is 2.08. The van der Waals surface area contributed by atoms with E-state index in [1.54, 1.807) is 0 Å². The summed E-state index contributed by atoms with van der Waals surface area (Å²) in [5.41, 5.74) is -0.441. The lowest BCUT2D eigenvalue weighted by Crippen LogP contribution is -2.29. The molecule has 0 amide bonds. The molecule has 0 saturated carbocycles. The number of nitrogens with one attached hydrogen (secondary N) is 1. The maximum absolute atomic E-state index is 10.9. The van der Waals surface area contributed by atoms with Gasteiger partial charge in [0.2, 0.25) is 0 Å². The van der Waals surface area contributed by atoms with Crippen LogP contribution in [0, 0.1) is 10.1 Å². The van der Waals surface area contributed by atoms with Gasteiger partial charge in [-0.2, -0.15) is 0 Å². The van der Waals surface area contributed by atoms with Gasteiger partial charge in [-0.25, -0.2) is 4.79 Å². The fourth-order valence-electron chi connectivity index (χ4n) is 1.27. The predicted molar refractivity (Wildman–Crippen MR) is 65.8 cm³/mol. The normalized spacial score (nSPS) is 11.6. The van der Waals surface area contributed by atoms with Crippen LogP contribution >= 0.6 is 11.6 Å². The smallest absolute Gasteiger partial charge is 0.326 e. The zero-order valence-corrected chi connectivity index (χ0v) is 9.92. The molecule has 0 fully saturated rings. The van der Waals surface area contributed by atoms with Gasteiger partial charge < -0.3 is 10.4 Å². The van der Waals surface area contributed by atoms with Gasteiger partial charge in [0.1, 0.15) is 17.9 Å². The van der Waals surface area contributed by atoms with E-state index in [0.717, 1.165) is 6.20 Å². The number of nitrogens with zero attached hydrogens (tertiary/aromatic N) is 2. The average Bonchev–Trinajstić information content (AvgIpc) is 2.30. The second kappa shape index (κ2) is 5.97. The Balaban J connectivity index is 3.12. The number of aliphatic carboxylic acids is 1. The van der Waals surface area contributed by atoms with Crippen LogP contribution in [0.1, 0.15) is 6.42 Å². The SMILES string of the molecule is C=CCC(Nc1c(Cl)cncc1[N+](=O)[O-])C(=O)O. The van der Waals surface area contributed by atoms with Crippen LogP contribution in [0.5, 0.6) is 0 Å². The second-order valence-corrected chi connectivity index (χ2v) is 3.74. The molecule has 0 aliphatic heterocycles. The Labute approximate surface area is 107 Å². The fraction of sp³-hybridized carbons (Fsp3) is 0.200. The molecular weight excluding hydrogens is 262 g/mol. The summed E-state index contributed by atoms with van der Waals surface area (Å²) in [6, 6.07) is -1.04. The van der Waals surface area contributed by atoms with Crippen LogP contribution in [-0.2, 0) is 4.79 Å². The molecule has 1 unspecified atom stereocenters. The van der Waals surface area contributed by atoms with Crippen LogP contribution in [0.2, 0.25) is 5.02 Å². The summed E-state index contributed by atoms with van der Waals surface area (Å²) in [4.78, 5) is 24.6. The van der Waals surface area contributed by atoms with Gasteiger partial charge in [-0.15, -0.1) is 6.58 Å². The summed E-state index contributed by atoms with van der Waals surface area (Å²) < 4.78 is 0. The van der Waals surface area contributed by atoms with Crippen molar-refractivity contribution in [2.24, 2.45) is 0 Å². The summed E-state index contributed by atoms with van der Waals surface area (Å²) in [6.45, 7) is 3.42. The molecule has 1 aromatic rings. The minimum absolute atomic E-state index is 0.0143. The monoisotopic (exact) mass is 271 g/mol. The van der Waals surface area contributed by atoms with Crippen LogP contribution in [-0.4, -0.2) is 27.0 Å². The first-order valence-electron chi connectivity index (χ1n) is 4.85. The van der Waals surface area contributed by atoms with E-state index in [2.05, 4.69) is 16.9 Å². The van der Waals surface area contributed by atoms with Crippen LogP contribution in [0.4, 0.5) is 11.4 Å². The van der Waals surface area contributed by atoms with Crippen molar-refractivity contribution in [3.8, 4) is 0 Å². The Morgan fingerprint density at radius 1 is 1.72 bits per heavy atom. The average molecular weight is 272 g/mol. The van der Waals surface area contributed by atoms with Crippen molar-refractivity contribution in [2.45, 2.75) is 12.5 Å². The van der Waals surface area contributed by atoms with Gasteiger partial charge in [0.25, 0.3) is 0 Å². The van der Waals surface area contributed by atoms with E-state index in [0.29, 0.717) is 0 Å². The summed E-state index contributed by atoms with van der Waals surface area (Å²) in [7, 11) is 0. The zero-order valence-electron chi connectivity index (χ0n) is 9.17. The van der Waals surface area contributed by atoms with Crippen molar-refractivity contribution in [3.05, 3.63) is 40.2 Å². The maximum Gasteiger partial charge on any atom is 0.326 e. The Morgan fingerprint density at radius 3 is 2.89 bits per heavy atom. The number of aromatic nitrogens is 1. The highest BCUT2D eigenvalue weighted by atomic mass is 35.5. The molecular formula is C10H10ClN3O4. The Kier molecular flexibility index (Phi) is 4.61. The molecule has 18 heavy (non-hydrogen) atoms. The summed E-state index contributed by atoms with van der Waals surface area (Å²) in [5.74, 6) is -1.16. The van der Waals surface area contributed by atoms with Crippen LogP contribution < -0.4 is 5.32 Å². The minimum Gasteiger partial charge on any atom is -0.480 e. The first-order chi connectivity index (χ1) is 8.47. The molecule has 0 spiro atoms. The molecule has 8 heteroatoms. The molecule has 0 aliphatic carbocycles. The van der Waals surface area contributed by atoms with E-state index in [1.807, 2.05) is 0 Å². The van der Waals surface area contributed by atoms with Gasteiger partial charge in [0, 0.05) is 6.20 Å². The minimum atomic E-state index is -1.16. The number of halogens is 1. The van der Waals surface area contributed by atoms with Crippen molar-refractivity contribution in [2.75, 3.05) is 5.32 Å². The first kappa shape index (κ1) is 13.9. The molecule has 2 N–H and O–H groups in total. The number of carboxylic acids is 1. The first-order valence-corrected chi connectivity index (χ1v) is 5.23. The Bertz CT molecular complexity index is 492. The molecule has 1 heterocycles. The fourth-order valence-corrected chi connectivity index (χ4v) is 1.48. The molecule has 1 aromatic heterocycles. The molecule has 96 valence electrons. The van der Waals surface area contributed by atoms with Crippen LogP contribution in [0.3, 0.4) is 0 Å². The van der Waals surface area contributed by atoms with E-state index >= 15 is 0 Å². The van der Waals surface area contributed by atoms with E-state index < -0.39 is 16.9 Å². The van der Waals surface area contributed by atoms with Gasteiger partial charge >= 0.3 is 11.7 Å². The number of pyridine rings is 1. The van der Waals surface area contributed by atoms with E-state index in [-0.39, 0.29) is 22.8 Å². The molecule has 0 radical (unpaired) electrons. The summed E-state index contributed by atoms with van der Waals surface area (Å²) in [5, 5.41) is 22.2. The van der Waals surface area contributed by atoms with Crippen molar-refractivity contribution in [1.82, 2.24) is 4.98 Å². The third-order valence-electron chi connectivity index (χ3n) is 2.10. The highest BCUT2D eigenvalue weighted by Gasteiger charge is 2.23. The third kappa shape index (κ3) is 3.17. The Morgan fingerprint density at radius 2 is 2.39 bits per heavy atom. The van der Waals surface area contributed by atoms with Crippen molar-refractivity contribution in [3.63, 3.8) is 0 Å².